The smallest absolute Gasteiger partial charge is 0.0541 e. The van der Waals surface area contributed by atoms with Crippen LogP contribution in [0.3, 0.4) is 0 Å². The van der Waals surface area contributed by atoms with Gasteiger partial charge in [0.25, 0.3) is 0 Å². The van der Waals surface area contributed by atoms with Crippen LogP contribution in [0.1, 0.15) is 48.7 Å². The fraction of sp³-hybridized carbons (Fsp3) is 0.107. The van der Waals surface area contributed by atoms with Crippen molar-refractivity contribution in [2.45, 2.75) is 32.6 Å². The molecule has 282 valence electrons. The van der Waals surface area contributed by atoms with Crippen LogP contribution < -0.4 is 0 Å². The van der Waals surface area contributed by atoms with E-state index in [4.69, 9.17) is 0 Å². The lowest BCUT2D eigenvalue weighted by Gasteiger charge is -2.36. The summed E-state index contributed by atoms with van der Waals surface area (Å²) >= 11 is 0. The molecule has 0 saturated carbocycles. The average molecular weight is 758 g/mol. The number of hydrogen-bond donors (Lipinski definition) is 0. The maximum atomic E-state index is 2.55. The van der Waals surface area contributed by atoms with E-state index in [0.29, 0.717) is 5.92 Å². The largest absolute Gasteiger partial charge is 0.313 e. The molecule has 3 heterocycles. The highest BCUT2D eigenvalue weighted by atomic mass is 15.0. The second-order valence-electron chi connectivity index (χ2n) is 16.9. The number of fused-ring (bicyclic) bond motifs is 9. The number of allylic oxidation sites excluding steroid dienone is 2. The molecule has 2 aliphatic carbocycles. The van der Waals surface area contributed by atoms with E-state index in [0.717, 1.165) is 12.8 Å². The first-order valence-corrected chi connectivity index (χ1v) is 20.9. The van der Waals surface area contributed by atoms with Crippen LogP contribution in [0.15, 0.2) is 188 Å². The third-order valence-electron chi connectivity index (χ3n) is 13.3. The Labute approximate surface area is 344 Å². The van der Waals surface area contributed by atoms with Crippen molar-refractivity contribution in [3.8, 4) is 28.2 Å². The highest BCUT2D eigenvalue weighted by Crippen LogP contribution is 2.51. The van der Waals surface area contributed by atoms with Gasteiger partial charge in [0.2, 0.25) is 0 Å². The van der Waals surface area contributed by atoms with Crippen molar-refractivity contribution in [1.82, 2.24) is 13.7 Å². The van der Waals surface area contributed by atoms with E-state index in [1.165, 1.54) is 99.9 Å². The summed E-state index contributed by atoms with van der Waals surface area (Å²) < 4.78 is 7.38. The first-order valence-electron chi connectivity index (χ1n) is 20.9. The zero-order chi connectivity index (χ0) is 39.2. The van der Waals surface area contributed by atoms with Crippen molar-refractivity contribution < 1.29 is 0 Å². The van der Waals surface area contributed by atoms with Crippen LogP contribution in [0.2, 0.25) is 0 Å². The van der Waals surface area contributed by atoms with Crippen molar-refractivity contribution in [3.63, 3.8) is 0 Å². The van der Waals surface area contributed by atoms with Gasteiger partial charge in [-0.1, -0.05) is 135 Å². The van der Waals surface area contributed by atoms with Gasteiger partial charge >= 0.3 is 0 Å². The number of rotatable bonds is 5. The summed E-state index contributed by atoms with van der Waals surface area (Å²) in [6.45, 7) is 4.89. The number of hydrogen-bond acceptors (Lipinski definition) is 0. The first-order chi connectivity index (χ1) is 29.0. The number of nitrogens with zero attached hydrogens (tertiary/aromatic N) is 3. The van der Waals surface area contributed by atoms with E-state index in [2.05, 4.69) is 222 Å². The molecule has 3 aromatic heterocycles. The van der Waals surface area contributed by atoms with E-state index in [1.807, 2.05) is 0 Å². The van der Waals surface area contributed by atoms with Crippen LogP contribution in [0.25, 0.3) is 84.0 Å². The van der Waals surface area contributed by atoms with Crippen molar-refractivity contribution in [3.05, 3.63) is 210 Å². The van der Waals surface area contributed by atoms with Crippen LogP contribution in [0, 0.1) is 5.41 Å². The molecule has 59 heavy (non-hydrogen) atoms. The molecule has 7 aromatic carbocycles. The third-order valence-corrected chi connectivity index (χ3v) is 13.3. The normalized spacial score (nSPS) is 17.5. The molecule has 3 nitrogen and oxygen atoms in total. The molecule has 0 fully saturated rings. The molecule has 0 aliphatic heterocycles. The van der Waals surface area contributed by atoms with Gasteiger partial charge in [0.15, 0.2) is 0 Å². The Morgan fingerprint density at radius 3 is 1.66 bits per heavy atom. The Hall–Kier alpha value is -7.10. The van der Waals surface area contributed by atoms with Crippen LogP contribution >= 0.6 is 0 Å². The molecule has 3 heteroatoms. The Balaban J connectivity index is 1.01. The molecule has 0 bridgehead atoms. The summed E-state index contributed by atoms with van der Waals surface area (Å²) in [6, 6.07) is 64.4. The summed E-state index contributed by atoms with van der Waals surface area (Å²) in [5.41, 5.74) is 17.9. The molecule has 0 saturated heterocycles. The predicted octanol–water partition coefficient (Wildman–Crippen LogP) is 14.5. The number of aromatic nitrogens is 3. The summed E-state index contributed by atoms with van der Waals surface area (Å²) in [6.07, 6.45) is 9.43. The monoisotopic (exact) mass is 757 g/mol. The molecule has 12 rings (SSSR count). The van der Waals surface area contributed by atoms with Gasteiger partial charge in [-0.3, -0.25) is 0 Å². The molecule has 0 amide bonds. The van der Waals surface area contributed by atoms with Crippen LogP contribution in [-0.2, 0) is 6.42 Å². The predicted molar refractivity (Wildman–Crippen MR) is 248 cm³/mol. The molecular weight excluding hydrogens is 715 g/mol. The van der Waals surface area contributed by atoms with Crippen molar-refractivity contribution in [2.75, 3.05) is 0 Å². The molecule has 10 aromatic rings. The van der Waals surface area contributed by atoms with Gasteiger partial charge in [-0.25, -0.2) is 0 Å². The zero-order valence-electron chi connectivity index (χ0n) is 33.3. The van der Waals surface area contributed by atoms with Crippen molar-refractivity contribution >= 4 is 55.8 Å². The Bertz CT molecular complexity index is 3340. The number of para-hydroxylation sites is 5. The minimum absolute atomic E-state index is 0.140. The van der Waals surface area contributed by atoms with E-state index >= 15 is 0 Å². The fourth-order valence-electron chi connectivity index (χ4n) is 10.5. The molecule has 2 aliphatic rings. The standard InChI is InChI=1S/C56H43N3/c1-37-32-40(35-48-45-23-13-15-25-51(45)59(55(37)48)43-20-10-5-11-21-43)56(2)31-30-54-49(36-56)47-34-39(27-29-53(47)58(54)42-18-8-4-9-19-42)38-26-28-52-46(33-38)44-22-12-14-24-50(44)57(52)41-16-6-3-7-17-41/h3-31,33-35,37H,32,36H2,1-2H3. The van der Waals surface area contributed by atoms with Gasteiger partial charge in [0, 0.05) is 66.9 Å². The highest BCUT2D eigenvalue weighted by molar-refractivity contribution is 6.10. The van der Waals surface area contributed by atoms with Gasteiger partial charge < -0.3 is 13.7 Å². The van der Waals surface area contributed by atoms with Gasteiger partial charge in [-0.05, 0) is 108 Å². The first kappa shape index (κ1) is 34.0. The van der Waals surface area contributed by atoms with Gasteiger partial charge in [0.05, 0.1) is 22.1 Å². The topological polar surface area (TPSA) is 14.8 Å². The van der Waals surface area contributed by atoms with Crippen LogP contribution in [-0.4, -0.2) is 13.7 Å². The second kappa shape index (κ2) is 13.0. The van der Waals surface area contributed by atoms with E-state index in [-0.39, 0.29) is 5.41 Å². The quantitative estimate of drug-likeness (QED) is 0.166. The zero-order valence-corrected chi connectivity index (χ0v) is 33.3. The second-order valence-corrected chi connectivity index (χ2v) is 16.9. The molecule has 2 unspecified atom stereocenters. The number of benzene rings is 7. The lowest BCUT2D eigenvalue weighted by Crippen LogP contribution is -2.26. The summed E-state index contributed by atoms with van der Waals surface area (Å²) in [7, 11) is 0. The molecule has 0 N–H and O–H groups in total. The van der Waals surface area contributed by atoms with Gasteiger partial charge in [0.1, 0.15) is 0 Å². The molecular formula is C56H43N3. The van der Waals surface area contributed by atoms with Gasteiger partial charge in [-0.2, -0.15) is 0 Å². The lowest BCUT2D eigenvalue weighted by molar-refractivity contribution is 0.473. The Kier molecular flexibility index (Phi) is 7.46. The van der Waals surface area contributed by atoms with Crippen LogP contribution in [0.4, 0.5) is 0 Å². The van der Waals surface area contributed by atoms with Gasteiger partial charge in [-0.15, -0.1) is 0 Å². The molecule has 2 atom stereocenters. The molecule has 0 spiro atoms. The van der Waals surface area contributed by atoms with E-state index in [1.54, 1.807) is 0 Å². The minimum Gasteiger partial charge on any atom is -0.313 e. The van der Waals surface area contributed by atoms with Crippen molar-refractivity contribution in [2.24, 2.45) is 5.41 Å². The summed E-state index contributed by atoms with van der Waals surface area (Å²) in [4.78, 5) is 0. The van der Waals surface area contributed by atoms with Crippen LogP contribution in [0.5, 0.6) is 0 Å². The SMILES string of the molecule is CC1CC(C2(C)C=Cc3c(c4cc(-c5ccc6c(c5)c5ccccc5n6-c5ccccc5)ccc4n3-c3ccccc3)C2)=Cc2c1n(-c1ccccc1)c1ccccc21. The molecule has 0 radical (unpaired) electrons. The Morgan fingerprint density at radius 1 is 0.492 bits per heavy atom. The Morgan fingerprint density at radius 2 is 1.00 bits per heavy atom. The maximum Gasteiger partial charge on any atom is 0.0541 e. The fourth-order valence-corrected chi connectivity index (χ4v) is 10.5. The van der Waals surface area contributed by atoms with E-state index < -0.39 is 0 Å². The van der Waals surface area contributed by atoms with Crippen molar-refractivity contribution in [1.29, 1.82) is 0 Å². The minimum atomic E-state index is -0.140. The van der Waals surface area contributed by atoms with E-state index in [9.17, 15) is 0 Å². The highest BCUT2D eigenvalue weighted by Gasteiger charge is 2.37. The summed E-state index contributed by atoms with van der Waals surface area (Å²) in [5.74, 6) is 0.365. The lowest BCUT2D eigenvalue weighted by atomic mass is 9.68. The maximum absolute atomic E-state index is 2.55. The average Bonchev–Trinajstić information content (AvgIpc) is 3.92. The summed E-state index contributed by atoms with van der Waals surface area (Å²) in [5, 5.41) is 5.20. The third kappa shape index (κ3) is 5.14.